The summed E-state index contributed by atoms with van der Waals surface area (Å²) in [5, 5.41) is 0. The molecular formula is C16H20. The van der Waals surface area contributed by atoms with Crippen LogP contribution in [0.2, 0.25) is 0 Å². The first-order valence-electron chi connectivity index (χ1n) is 6.12. The van der Waals surface area contributed by atoms with Crippen molar-refractivity contribution in [1.29, 1.82) is 0 Å². The quantitative estimate of drug-likeness (QED) is 0.581. The van der Waals surface area contributed by atoms with Gasteiger partial charge in [-0.15, -0.1) is 0 Å². The summed E-state index contributed by atoms with van der Waals surface area (Å²) in [6.07, 6.45) is 14.7. The fourth-order valence-corrected chi connectivity index (χ4v) is 2.55. The third kappa shape index (κ3) is 1.97. The van der Waals surface area contributed by atoms with E-state index in [4.69, 9.17) is 0 Å². The molecule has 0 aromatic carbocycles. The molecule has 0 bridgehead atoms. The predicted molar refractivity (Wildman–Crippen MR) is 71.3 cm³/mol. The molecule has 0 spiro atoms. The van der Waals surface area contributed by atoms with E-state index in [1.54, 1.807) is 11.1 Å². The molecule has 0 atom stereocenters. The Balaban J connectivity index is 2.47. The zero-order valence-electron chi connectivity index (χ0n) is 10.5. The minimum atomic E-state index is 1.13. The van der Waals surface area contributed by atoms with Gasteiger partial charge < -0.3 is 0 Å². The summed E-state index contributed by atoms with van der Waals surface area (Å²) < 4.78 is 0. The molecule has 2 rings (SSSR count). The molecule has 0 aromatic rings. The lowest BCUT2D eigenvalue weighted by molar-refractivity contribution is 0.897. The van der Waals surface area contributed by atoms with Gasteiger partial charge in [-0.05, 0) is 62.3 Å². The summed E-state index contributed by atoms with van der Waals surface area (Å²) >= 11 is 0. The first-order chi connectivity index (χ1) is 7.74. The topological polar surface area (TPSA) is 0 Å². The van der Waals surface area contributed by atoms with Crippen LogP contribution >= 0.6 is 0 Å². The van der Waals surface area contributed by atoms with Crippen molar-refractivity contribution in [2.75, 3.05) is 0 Å². The van der Waals surface area contributed by atoms with Crippen LogP contribution in [-0.2, 0) is 0 Å². The first-order valence-corrected chi connectivity index (χ1v) is 6.12. The fourth-order valence-electron chi connectivity index (χ4n) is 2.55. The first kappa shape index (κ1) is 11.2. The Hall–Kier alpha value is -1.30. The fraction of sp³-hybridized carbons (Fsp3) is 0.375. The van der Waals surface area contributed by atoms with Crippen LogP contribution in [0.4, 0.5) is 0 Å². The van der Waals surface area contributed by atoms with Gasteiger partial charge >= 0.3 is 0 Å². The van der Waals surface area contributed by atoms with Crippen LogP contribution in [0.3, 0.4) is 0 Å². The summed E-state index contributed by atoms with van der Waals surface area (Å²) in [7, 11) is 0. The lowest BCUT2D eigenvalue weighted by Gasteiger charge is -2.26. The maximum absolute atomic E-state index is 2.31. The van der Waals surface area contributed by atoms with Crippen molar-refractivity contribution in [2.24, 2.45) is 0 Å². The van der Waals surface area contributed by atoms with Gasteiger partial charge in [-0.1, -0.05) is 36.0 Å². The van der Waals surface area contributed by atoms with E-state index in [-0.39, 0.29) is 0 Å². The second kappa shape index (κ2) is 4.69. The van der Waals surface area contributed by atoms with Crippen LogP contribution in [0.25, 0.3) is 0 Å². The highest BCUT2D eigenvalue weighted by molar-refractivity contribution is 5.58. The number of hydrogen-bond acceptors (Lipinski definition) is 0. The SMILES string of the molecule is C/C=C\C=C1/CC(C)=C2CCC=CC2=C1C. The molecule has 0 heterocycles. The van der Waals surface area contributed by atoms with E-state index in [1.807, 2.05) is 0 Å². The summed E-state index contributed by atoms with van der Waals surface area (Å²) in [6, 6.07) is 0. The van der Waals surface area contributed by atoms with Gasteiger partial charge in [-0.2, -0.15) is 0 Å². The number of hydrogen-bond donors (Lipinski definition) is 0. The molecule has 0 radical (unpaired) electrons. The number of allylic oxidation sites excluding steroid dienone is 10. The molecule has 2 aliphatic rings. The summed E-state index contributed by atoms with van der Waals surface area (Å²) in [4.78, 5) is 0. The van der Waals surface area contributed by atoms with Crippen molar-refractivity contribution in [2.45, 2.75) is 40.0 Å². The zero-order chi connectivity index (χ0) is 11.5. The molecule has 0 N–H and O–H groups in total. The molecule has 2 aliphatic carbocycles. The number of fused-ring (bicyclic) bond motifs is 1. The zero-order valence-corrected chi connectivity index (χ0v) is 10.5. The van der Waals surface area contributed by atoms with E-state index < -0.39 is 0 Å². The third-order valence-corrected chi connectivity index (χ3v) is 3.52. The van der Waals surface area contributed by atoms with Crippen LogP contribution < -0.4 is 0 Å². The molecule has 0 saturated carbocycles. The monoisotopic (exact) mass is 212 g/mol. The van der Waals surface area contributed by atoms with Gasteiger partial charge in [0.2, 0.25) is 0 Å². The van der Waals surface area contributed by atoms with E-state index in [0.29, 0.717) is 0 Å². The third-order valence-electron chi connectivity index (χ3n) is 3.52. The minimum Gasteiger partial charge on any atom is -0.0877 e. The van der Waals surface area contributed by atoms with Crippen molar-refractivity contribution in [3.63, 3.8) is 0 Å². The van der Waals surface area contributed by atoms with E-state index in [1.165, 1.54) is 29.6 Å². The van der Waals surface area contributed by atoms with Gasteiger partial charge in [0.1, 0.15) is 0 Å². The van der Waals surface area contributed by atoms with Crippen molar-refractivity contribution >= 4 is 0 Å². The highest BCUT2D eigenvalue weighted by Crippen LogP contribution is 2.38. The molecule has 0 fully saturated rings. The second-order valence-electron chi connectivity index (χ2n) is 4.63. The Morgan fingerprint density at radius 2 is 2.06 bits per heavy atom. The molecular weight excluding hydrogens is 192 g/mol. The van der Waals surface area contributed by atoms with Crippen molar-refractivity contribution in [3.8, 4) is 0 Å². The average molecular weight is 212 g/mol. The van der Waals surface area contributed by atoms with Crippen molar-refractivity contribution in [3.05, 3.63) is 58.2 Å². The van der Waals surface area contributed by atoms with Gasteiger partial charge in [-0.25, -0.2) is 0 Å². The smallest absolute Gasteiger partial charge is 0.00610 e. The molecule has 0 saturated heterocycles. The molecule has 0 heteroatoms. The highest BCUT2D eigenvalue weighted by Gasteiger charge is 2.19. The standard InChI is InChI=1S/C16H20/c1-4-5-8-14-11-12(2)15-9-6-7-10-16(15)13(14)3/h4-5,7-8,10H,6,9,11H2,1-3H3/b5-4-,14-8+. The maximum atomic E-state index is 2.31. The minimum absolute atomic E-state index is 1.13. The van der Waals surface area contributed by atoms with Crippen LogP contribution in [-0.4, -0.2) is 0 Å². The average Bonchev–Trinajstić information content (AvgIpc) is 2.32. The van der Waals surface area contributed by atoms with Crippen molar-refractivity contribution in [1.82, 2.24) is 0 Å². The summed E-state index contributed by atoms with van der Waals surface area (Å²) in [5.74, 6) is 0. The van der Waals surface area contributed by atoms with E-state index in [2.05, 4.69) is 51.2 Å². The van der Waals surface area contributed by atoms with Gasteiger partial charge in [0.15, 0.2) is 0 Å². The molecule has 0 aromatic heterocycles. The van der Waals surface area contributed by atoms with Crippen LogP contribution in [0.5, 0.6) is 0 Å². The molecule has 0 amide bonds. The number of rotatable bonds is 1. The van der Waals surface area contributed by atoms with E-state index in [0.717, 1.165) is 6.42 Å². The Labute approximate surface area is 98.8 Å². The van der Waals surface area contributed by atoms with Crippen LogP contribution in [0, 0.1) is 0 Å². The predicted octanol–water partition coefficient (Wildman–Crippen LogP) is 4.88. The van der Waals surface area contributed by atoms with Crippen molar-refractivity contribution < 1.29 is 0 Å². The second-order valence-corrected chi connectivity index (χ2v) is 4.63. The molecule has 16 heavy (non-hydrogen) atoms. The largest absolute Gasteiger partial charge is 0.0877 e. The normalized spacial score (nSPS) is 23.6. The summed E-state index contributed by atoms with van der Waals surface area (Å²) in [6.45, 7) is 6.61. The van der Waals surface area contributed by atoms with Crippen LogP contribution in [0.1, 0.15) is 40.0 Å². The highest BCUT2D eigenvalue weighted by atomic mass is 14.2. The molecule has 84 valence electrons. The lowest BCUT2D eigenvalue weighted by Crippen LogP contribution is -2.07. The van der Waals surface area contributed by atoms with Gasteiger partial charge in [0.25, 0.3) is 0 Å². The maximum Gasteiger partial charge on any atom is -0.00610 e. The van der Waals surface area contributed by atoms with Crippen LogP contribution in [0.15, 0.2) is 58.2 Å². The molecule has 0 nitrogen and oxygen atoms in total. The Morgan fingerprint density at radius 1 is 1.25 bits per heavy atom. The van der Waals surface area contributed by atoms with E-state index in [9.17, 15) is 0 Å². The van der Waals surface area contributed by atoms with Gasteiger partial charge in [0.05, 0.1) is 0 Å². The Bertz CT molecular complexity index is 437. The van der Waals surface area contributed by atoms with E-state index >= 15 is 0 Å². The summed E-state index contributed by atoms with van der Waals surface area (Å²) in [5.41, 5.74) is 7.57. The molecule has 0 unspecified atom stereocenters. The Morgan fingerprint density at radius 3 is 2.81 bits per heavy atom. The lowest BCUT2D eigenvalue weighted by atomic mass is 9.79. The Kier molecular flexibility index (Phi) is 3.28. The van der Waals surface area contributed by atoms with Gasteiger partial charge in [0, 0.05) is 0 Å². The molecule has 0 aliphatic heterocycles. The van der Waals surface area contributed by atoms with Gasteiger partial charge in [-0.3, -0.25) is 0 Å².